The second-order valence-electron chi connectivity index (χ2n) is 4.26. The summed E-state index contributed by atoms with van der Waals surface area (Å²) in [6, 6.07) is 0. The van der Waals surface area contributed by atoms with Crippen LogP contribution in [-0.2, 0) is 16.0 Å². The van der Waals surface area contributed by atoms with Gasteiger partial charge in [0.05, 0.1) is 5.92 Å². The van der Waals surface area contributed by atoms with Crippen molar-refractivity contribution in [3.05, 3.63) is 11.7 Å². The van der Waals surface area contributed by atoms with E-state index in [1.165, 1.54) is 0 Å². The standard InChI is InChI=1S/C9H15N3O.C2H2O4/c1-3-8-10-9(13-11-8)7-4-5-12(2)6-7;3-1(4)2(5)6/h7H,3-6H2,1-2H3;(H,3,4)(H,5,6). The van der Waals surface area contributed by atoms with Crippen LogP contribution >= 0.6 is 0 Å². The molecule has 1 aliphatic rings. The Kier molecular flexibility index (Phi) is 5.43. The number of likely N-dealkylation sites (tertiary alicyclic amines) is 1. The van der Waals surface area contributed by atoms with Gasteiger partial charge in [0.2, 0.25) is 5.89 Å². The number of hydrogen-bond acceptors (Lipinski definition) is 6. The minimum absolute atomic E-state index is 0.456. The molecule has 0 radical (unpaired) electrons. The van der Waals surface area contributed by atoms with E-state index in [0.29, 0.717) is 5.92 Å². The highest BCUT2D eigenvalue weighted by molar-refractivity contribution is 6.27. The van der Waals surface area contributed by atoms with Crippen molar-refractivity contribution in [3.63, 3.8) is 0 Å². The van der Waals surface area contributed by atoms with Gasteiger partial charge < -0.3 is 19.6 Å². The van der Waals surface area contributed by atoms with Crippen LogP contribution in [-0.4, -0.2) is 57.3 Å². The van der Waals surface area contributed by atoms with Crippen LogP contribution in [0.5, 0.6) is 0 Å². The van der Waals surface area contributed by atoms with Gasteiger partial charge in [-0.2, -0.15) is 4.98 Å². The molecule has 106 valence electrons. The predicted molar refractivity (Wildman–Crippen MR) is 63.8 cm³/mol. The first-order valence-electron chi connectivity index (χ1n) is 5.91. The van der Waals surface area contributed by atoms with Crippen molar-refractivity contribution in [2.45, 2.75) is 25.7 Å². The summed E-state index contributed by atoms with van der Waals surface area (Å²) in [6.07, 6.45) is 1.99. The van der Waals surface area contributed by atoms with Gasteiger partial charge in [-0.05, 0) is 20.0 Å². The molecule has 0 bridgehead atoms. The Labute approximate surface area is 110 Å². The molecule has 0 aliphatic carbocycles. The van der Waals surface area contributed by atoms with E-state index >= 15 is 0 Å². The molecule has 1 atom stereocenters. The number of nitrogens with zero attached hydrogens (tertiary/aromatic N) is 3. The molecule has 1 saturated heterocycles. The number of rotatable bonds is 2. The fourth-order valence-corrected chi connectivity index (χ4v) is 1.71. The van der Waals surface area contributed by atoms with Crippen LogP contribution in [0.15, 0.2) is 4.52 Å². The molecule has 8 nitrogen and oxygen atoms in total. The van der Waals surface area contributed by atoms with Crippen LogP contribution in [0.25, 0.3) is 0 Å². The van der Waals surface area contributed by atoms with E-state index in [4.69, 9.17) is 24.3 Å². The number of likely N-dealkylation sites (N-methyl/N-ethyl adjacent to an activating group) is 1. The second kappa shape index (κ2) is 6.83. The zero-order valence-electron chi connectivity index (χ0n) is 10.9. The summed E-state index contributed by atoms with van der Waals surface area (Å²) in [5.41, 5.74) is 0. The molecule has 2 rings (SSSR count). The highest BCUT2D eigenvalue weighted by Gasteiger charge is 2.25. The van der Waals surface area contributed by atoms with E-state index in [-0.39, 0.29) is 0 Å². The summed E-state index contributed by atoms with van der Waals surface area (Å²) >= 11 is 0. The summed E-state index contributed by atoms with van der Waals surface area (Å²) in [4.78, 5) is 24.8. The van der Waals surface area contributed by atoms with Crippen LogP contribution in [0.3, 0.4) is 0 Å². The van der Waals surface area contributed by atoms with Gasteiger partial charge >= 0.3 is 11.9 Å². The van der Waals surface area contributed by atoms with E-state index in [1.807, 2.05) is 6.92 Å². The smallest absolute Gasteiger partial charge is 0.414 e. The number of carboxylic acid groups (broad SMARTS) is 2. The molecule has 0 spiro atoms. The molecule has 1 aromatic rings. The van der Waals surface area contributed by atoms with Crippen LogP contribution in [0.1, 0.15) is 31.0 Å². The SMILES string of the molecule is CCc1noc(C2CCN(C)C2)n1.O=C(O)C(=O)O. The Balaban J connectivity index is 0.000000258. The molecule has 0 amide bonds. The Morgan fingerprint density at radius 1 is 1.42 bits per heavy atom. The van der Waals surface area contributed by atoms with Crippen molar-refractivity contribution in [2.24, 2.45) is 0 Å². The average Bonchev–Trinajstić information content (AvgIpc) is 2.97. The first-order chi connectivity index (χ1) is 8.93. The number of carboxylic acids is 2. The fraction of sp³-hybridized carbons (Fsp3) is 0.636. The molecule has 8 heteroatoms. The largest absolute Gasteiger partial charge is 0.473 e. The lowest BCUT2D eigenvalue weighted by atomic mass is 10.1. The molecule has 0 aromatic carbocycles. The predicted octanol–water partition coefficient (Wildman–Crippen LogP) is 0.207. The zero-order valence-corrected chi connectivity index (χ0v) is 10.9. The van der Waals surface area contributed by atoms with Crippen molar-refractivity contribution in [1.82, 2.24) is 15.0 Å². The third kappa shape index (κ3) is 4.66. The Morgan fingerprint density at radius 3 is 2.42 bits per heavy atom. The molecular weight excluding hydrogens is 254 g/mol. The minimum Gasteiger partial charge on any atom is -0.473 e. The Hall–Kier alpha value is -1.96. The van der Waals surface area contributed by atoms with E-state index in [2.05, 4.69) is 22.1 Å². The maximum absolute atomic E-state index is 9.10. The Morgan fingerprint density at radius 2 is 2.05 bits per heavy atom. The molecule has 2 heterocycles. The number of carbonyl (C=O) groups is 2. The molecule has 0 saturated carbocycles. The number of aryl methyl sites for hydroxylation is 1. The summed E-state index contributed by atoms with van der Waals surface area (Å²) in [5.74, 6) is -1.55. The van der Waals surface area contributed by atoms with Crippen LogP contribution in [0.2, 0.25) is 0 Å². The Bertz CT molecular complexity index is 433. The van der Waals surface area contributed by atoms with E-state index < -0.39 is 11.9 Å². The van der Waals surface area contributed by atoms with E-state index in [9.17, 15) is 0 Å². The van der Waals surface area contributed by atoms with Crippen molar-refractivity contribution < 1.29 is 24.3 Å². The van der Waals surface area contributed by atoms with Gasteiger partial charge in [0.25, 0.3) is 0 Å². The van der Waals surface area contributed by atoms with Gasteiger partial charge in [-0.3, -0.25) is 0 Å². The van der Waals surface area contributed by atoms with Crippen molar-refractivity contribution in [2.75, 3.05) is 20.1 Å². The fourth-order valence-electron chi connectivity index (χ4n) is 1.71. The van der Waals surface area contributed by atoms with Gasteiger partial charge in [-0.1, -0.05) is 12.1 Å². The summed E-state index contributed by atoms with van der Waals surface area (Å²) in [7, 11) is 2.12. The first-order valence-corrected chi connectivity index (χ1v) is 5.91. The van der Waals surface area contributed by atoms with Crippen molar-refractivity contribution >= 4 is 11.9 Å². The zero-order chi connectivity index (χ0) is 14.4. The van der Waals surface area contributed by atoms with Gasteiger partial charge in [-0.15, -0.1) is 0 Å². The van der Waals surface area contributed by atoms with Crippen molar-refractivity contribution in [3.8, 4) is 0 Å². The maximum Gasteiger partial charge on any atom is 0.414 e. The quantitative estimate of drug-likeness (QED) is 0.733. The average molecular weight is 271 g/mol. The normalized spacial score (nSPS) is 18.7. The topological polar surface area (TPSA) is 117 Å². The molecule has 1 aliphatic heterocycles. The lowest BCUT2D eigenvalue weighted by molar-refractivity contribution is -0.159. The number of hydrogen-bond donors (Lipinski definition) is 2. The third-order valence-corrected chi connectivity index (χ3v) is 2.72. The maximum atomic E-state index is 9.10. The second-order valence-corrected chi connectivity index (χ2v) is 4.26. The molecular formula is C11H17N3O5. The summed E-state index contributed by atoms with van der Waals surface area (Å²) < 4.78 is 5.20. The van der Waals surface area contributed by atoms with Crippen LogP contribution in [0.4, 0.5) is 0 Å². The molecule has 1 unspecified atom stereocenters. The highest BCUT2D eigenvalue weighted by atomic mass is 16.5. The lowest BCUT2D eigenvalue weighted by Crippen LogP contribution is -2.13. The molecule has 1 aromatic heterocycles. The highest BCUT2D eigenvalue weighted by Crippen LogP contribution is 2.24. The van der Waals surface area contributed by atoms with E-state index in [1.54, 1.807) is 0 Å². The van der Waals surface area contributed by atoms with Crippen molar-refractivity contribution in [1.29, 1.82) is 0 Å². The monoisotopic (exact) mass is 271 g/mol. The summed E-state index contributed by atoms with van der Waals surface area (Å²) in [6.45, 7) is 4.22. The third-order valence-electron chi connectivity index (χ3n) is 2.72. The van der Waals surface area contributed by atoms with Gasteiger partial charge in [0.1, 0.15) is 0 Å². The van der Waals surface area contributed by atoms with Gasteiger partial charge in [0.15, 0.2) is 5.82 Å². The number of aliphatic carboxylic acids is 2. The van der Waals surface area contributed by atoms with Crippen LogP contribution in [0, 0.1) is 0 Å². The molecule has 1 fully saturated rings. The lowest BCUT2D eigenvalue weighted by Gasteiger charge is -2.04. The van der Waals surface area contributed by atoms with Crippen LogP contribution < -0.4 is 0 Å². The first kappa shape index (κ1) is 15.1. The summed E-state index contributed by atoms with van der Waals surface area (Å²) in [5, 5.41) is 18.7. The van der Waals surface area contributed by atoms with Gasteiger partial charge in [-0.25, -0.2) is 9.59 Å². The van der Waals surface area contributed by atoms with E-state index in [0.717, 1.165) is 37.6 Å². The number of aromatic nitrogens is 2. The molecule has 19 heavy (non-hydrogen) atoms. The van der Waals surface area contributed by atoms with Gasteiger partial charge in [0, 0.05) is 13.0 Å². The molecule has 2 N–H and O–H groups in total. The minimum atomic E-state index is -1.82.